The molecule has 1 N–H and O–H groups in total. The van der Waals surface area contributed by atoms with Crippen LogP contribution in [0.1, 0.15) is 36.7 Å². The van der Waals surface area contributed by atoms with Crippen LogP contribution in [0.5, 0.6) is 5.75 Å². The van der Waals surface area contributed by atoms with Gasteiger partial charge in [0.1, 0.15) is 12.3 Å². The minimum Gasteiger partial charge on any atom is -0.490 e. The molecule has 1 heterocycles. The van der Waals surface area contributed by atoms with E-state index in [1.165, 1.54) is 18.2 Å². The average Bonchev–Trinajstić information content (AvgIpc) is 3.04. The molecule has 2 aromatic carbocycles. The van der Waals surface area contributed by atoms with E-state index in [0.29, 0.717) is 15.8 Å². The average molecular weight is 582 g/mol. The molecule has 3 amide bonds. The quantitative estimate of drug-likeness (QED) is 0.313. The third kappa shape index (κ3) is 6.87. The molecule has 1 aliphatic heterocycles. The van der Waals surface area contributed by atoms with Gasteiger partial charge in [0.05, 0.1) is 32.7 Å². The van der Waals surface area contributed by atoms with Gasteiger partial charge in [-0.25, -0.2) is 4.79 Å². The van der Waals surface area contributed by atoms with Gasteiger partial charge in [-0.3, -0.25) is 19.3 Å². The number of halogens is 2. The molecule has 0 radical (unpaired) electrons. The molecule has 1 saturated heterocycles. The van der Waals surface area contributed by atoms with E-state index in [4.69, 9.17) is 21.1 Å². The highest BCUT2D eigenvalue weighted by molar-refractivity contribution is 9.10. The van der Waals surface area contributed by atoms with Crippen molar-refractivity contribution >= 4 is 74.1 Å². The molecule has 2 aromatic rings. The molecule has 0 saturated carbocycles. The number of carbonyl (C=O) groups excluding carboxylic acids is 4. The molecule has 0 spiro atoms. The number of thioether (sulfide) groups is 1. The van der Waals surface area contributed by atoms with Crippen LogP contribution in [0.3, 0.4) is 0 Å². The third-order valence-corrected chi connectivity index (χ3v) is 6.39. The highest BCUT2D eigenvalue weighted by atomic mass is 79.9. The highest BCUT2D eigenvalue weighted by Crippen LogP contribution is 2.34. The Kier molecular flexibility index (Phi) is 8.98. The molecule has 8 nitrogen and oxygen atoms in total. The summed E-state index contributed by atoms with van der Waals surface area (Å²) in [6, 6.07) is 9.63. The lowest BCUT2D eigenvalue weighted by atomic mass is 10.2. The van der Waals surface area contributed by atoms with Gasteiger partial charge in [0.15, 0.2) is 0 Å². The Hall–Kier alpha value is -2.82. The van der Waals surface area contributed by atoms with Crippen LogP contribution in [0.2, 0.25) is 5.02 Å². The Morgan fingerprint density at radius 3 is 2.60 bits per heavy atom. The molecular weight excluding hydrogens is 560 g/mol. The Morgan fingerprint density at radius 1 is 1.20 bits per heavy atom. The van der Waals surface area contributed by atoms with Crippen molar-refractivity contribution in [2.75, 3.05) is 18.5 Å². The smallest absolute Gasteiger partial charge is 0.339 e. The number of imide groups is 1. The van der Waals surface area contributed by atoms with E-state index in [9.17, 15) is 19.2 Å². The molecule has 35 heavy (non-hydrogen) atoms. The van der Waals surface area contributed by atoms with Crippen molar-refractivity contribution in [3.8, 4) is 5.75 Å². The van der Waals surface area contributed by atoms with E-state index in [1.54, 1.807) is 31.2 Å². The van der Waals surface area contributed by atoms with Crippen molar-refractivity contribution in [3.63, 3.8) is 0 Å². The Morgan fingerprint density at radius 2 is 1.94 bits per heavy atom. The van der Waals surface area contributed by atoms with Crippen molar-refractivity contribution in [2.24, 2.45) is 0 Å². The molecule has 1 aliphatic rings. The summed E-state index contributed by atoms with van der Waals surface area (Å²) >= 11 is 10.2. The van der Waals surface area contributed by atoms with Crippen LogP contribution < -0.4 is 10.1 Å². The second-order valence-electron chi connectivity index (χ2n) is 7.59. The van der Waals surface area contributed by atoms with Crippen molar-refractivity contribution < 1.29 is 28.7 Å². The maximum atomic E-state index is 12.8. The zero-order chi connectivity index (χ0) is 25.7. The first-order valence-electron chi connectivity index (χ1n) is 10.6. The maximum absolute atomic E-state index is 12.8. The number of anilines is 1. The Balaban J connectivity index is 1.69. The summed E-state index contributed by atoms with van der Waals surface area (Å²) in [5.41, 5.74) is 1.06. The van der Waals surface area contributed by atoms with Crippen LogP contribution in [0.4, 0.5) is 10.5 Å². The van der Waals surface area contributed by atoms with Crippen LogP contribution in [-0.2, 0) is 14.3 Å². The van der Waals surface area contributed by atoms with Crippen LogP contribution in [-0.4, -0.2) is 47.2 Å². The molecule has 0 bridgehead atoms. The Labute approximate surface area is 220 Å². The minimum absolute atomic E-state index is 0.00409. The fraction of sp³-hybridized carbons (Fsp3) is 0.250. The standard InChI is InChI=1S/C24H22BrClN2O6S/c1-4-33-23(31)16-11-15(6-7-18(16)26)27-21(29)12-28-22(30)20(35-24(28)32)10-14-5-8-19(17(25)9-14)34-13(2)3/h5-11,13H,4,12H2,1-3H3,(H,27,29)/b20-10-. The first kappa shape index (κ1) is 26.8. The number of esters is 1. The third-order valence-electron chi connectivity index (χ3n) is 4.54. The molecule has 0 aromatic heterocycles. The van der Waals surface area contributed by atoms with Gasteiger partial charge >= 0.3 is 5.97 Å². The summed E-state index contributed by atoms with van der Waals surface area (Å²) < 4.78 is 11.3. The van der Waals surface area contributed by atoms with E-state index in [-0.39, 0.29) is 33.9 Å². The summed E-state index contributed by atoms with van der Waals surface area (Å²) in [5, 5.41) is 2.19. The van der Waals surface area contributed by atoms with Gasteiger partial charge in [0.25, 0.3) is 11.1 Å². The molecule has 0 atom stereocenters. The van der Waals surface area contributed by atoms with Crippen molar-refractivity contribution in [1.82, 2.24) is 4.90 Å². The van der Waals surface area contributed by atoms with Gasteiger partial charge in [-0.05, 0) is 90.4 Å². The largest absolute Gasteiger partial charge is 0.490 e. The highest BCUT2D eigenvalue weighted by Gasteiger charge is 2.36. The number of carbonyl (C=O) groups is 4. The molecular formula is C24H22BrClN2O6S. The fourth-order valence-electron chi connectivity index (χ4n) is 3.06. The number of hydrogen-bond donors (Lipinski definition) is 1. The number of ether oxygens (including phenoxy) is 2. The molecule has 0 aliphatic carbocycles. The van der Waals surface area contributed by atoms with Crippen LogP contribution in [0.15, 0.2) is 45.8 Å². The molecule has 3 rings (SSSR count). The number of hydrogen-bond acceptors (Lipinski definition) is 7. The maximum Gasteiger partial charge on any atom is 0.339 e. The lowest BCUT2D eigenvalue weighted by Gasteiger charge is -2.13. The number of nitrogens with one attached hydrogen (secondary N) is 1. The number of amides is 3. The topological polar surface area (TPSA) is 102 Å². The summed E-state index contributed by atoms with van der Waals surface area (Å²) in [4.78, 5) is 50.8. The summed E-state index contributed by atoms with van der Waals surface area (Å²) in [6.45, 7) is 5.18. The van der Waals surface area contributed by atoms with Crippen molar-refractivity contribution in [3.05, 3.63) is 61.9 Å². The van der Waals surface area contributed by atoms with Gasteiger partial charge in [-0.15, -0.1) is 0 Å². The zero-order valence-corrected chi connectivity index (χ0v) is 22.3. The predicted molar refractivity (Wildman–Crippen MR) is 139 cm³/mol. The lowest BCUT2D eigenvalue weighted by Crippen LogP contribution is -2.36. The van der Waals surface area contributed by atoms with Crippen LogP contribution >= 0.6 is 39.3 Å². The summed E-state index contributed by atoms with van der Waals surface area (Å²) in [7, 11) is 0. The minimum atomic E-state index is -0.625. The van der Waals surface area contributed by atoms with Gasteiger partial charge in [-0.2, -0.15) is 0 Å². The number of rotatable bonds is 8. The molecule has 1 fully saturated rings. The van der Waals surface area contributed by atoms with Gasteiger partial charge in [0, 0.05) is 5.69 Å². The van der Waals surface area contributed by atoms with E-state index in [2.05, 4.69) is 21.2 Å². The van der Waals surface area contributed by atoms with Crippen molar-refractivity contribution in [1.29, 1.82) is 0 Å². The number of nitrogens with zero attached hydrogens (tertiary/aromatic N) is 1. The summed E-state index contributed by atoms with van der Waals surface area (Å²) in [5.74, 6) is -1.14. The molecule has 0 unspecified atom stereocenters. The fourth-order valence-corrected chi connectivity index (χ4v) is 4.58. The van der Waals surface area contributed by atoms with E-state index in [0.717, 1.165) is 16.7 Å². The van der Waals surface area contributed by atoms with Gasteiger partial charge in [-0.1, -0.05) is 17.7 Å². The lowest BCUT2D eigenvalue weighted by molar-refractivity contribution is -0.127. The van der Waals surface area contributed by atoms with E-state index in [1.807, 2.05) is 13.8 Å². The molecule has 11 heteroatoms. The SMILES string of the molecule is CCOC(=O)c1cc(NC(=O)CN2C(=O)S/C(=C\c3ccc(OC(C)C)c(Br)c3)C2=O)ccc1Cl. The molecule has 184 valence electrons. The Bertz CT molecular complexity index is 1220. The summed E-state index contributed by atoms with van der Waals surface area (Å²) in [6.07, 6.45) is 1.58. The van der Waals surface area contributed by atoms with E-state index >= 15 is 0 Å². The van der Waals surface area contributed by atoms with Crippen molar-refractivity contribution in [2.45, 2.75) is 26.9 Å². The van der Waals surface area contributed by atoms with Crippen LogP contribution in [0.25, 0.3) is 6.08 Å². The van der Waals surface area contributed by atoms with Gasteiger partial charge in [0.2, 0.25) is 5.91 Å². The van der Waals surface area contributed by atoms with Crippen LogP contribution in [0, 0.1) is 0 Å². The number of benzene rings is 2. The normalized spacial score (nSPS) is 14.6. The van der Waals surface area contributed by atoms with E-state index < -0.39 is 29.6 Å². The monoisotopic (exact) mass is 580 g/mol. The first-order chi connectivity index (χ1) is 16.6. The second kappa shape index (κ2) is 11.7. The second-order valence-corrected chi connectivity index (χ2v) is 9.84. The van der Waals surface area contributed by atoms with Gasteiger partial charge < -0.3 is 14.8 Å². The zero-order valence-electron chi connectivity index (χ0n) is 19.1. The predicted octanol–water partition coefficient (Wildman–Crippen LogP) is 5.74. The first-order valence-corrected chi connectivity index (χ1v) is 12.6.